The van der Waals surface area contributed by atoms with E-state index in [0.717, 1.165) is 32.8 Å². The van der Waals surface area contributed by atoms with E-state index in [0.29, 0.717) is 0 Å². The number of amides is 4. The standard InChI is InChI=1S/C16H17N3O4S/c1-10-4-2-3-5-11(10)17-14-15(22)19(16(23)24-14)9-8-18-12(20)6-7-13(18)21/h2-5,14,17H,6-9H2,1H3/t14-/m0/s1. The van der Waals surface area contributed by atoms with Crippen LogP contribution in [0, 0.1) is 6.92 Å². The van der Waals surface area contributed by atoms with Crippen molar-refractivity contribution < 1.29 is 19.2 Å². The maximum absolute atomic E-state index is 12.4. The lowest BCUT2D eigenvalue weighted by atomic mass is 10.2. The molecule has 0 saturated carbocycles. The predicted molar refractivity (Wildman–Crippen MR) is 89.2 cm³/mol. The zero-order chi connectivity index (χ0) is 17.3. The molecule has 1 atom stereocenters. The molecule has 0 unspecified atom stereocenters. The van der Waals surface area contributed by atoms with Crippen molar-refractivity contribution >= 4 is 40.4 Å². The van der Waals surface area contributed by atoms with Crippen LogP contribution in [0.4, 0.5) is 10.5 Å². The first kappa shape index (κ1) is 16.5. The second kappa shape index (κ2) is 6.64. The third-order valence-electron chi connectivity index (χ3n) is 4.06. The molecule has 1 N–H and O–H groups in total. The number of para-hydroxylation sites is 1. The Labute approximate surface area is 143 Å². The van der Waals surface area contributed by atoms with Gasteiger partial charge in [-0.1, -0.05) is 18.2 Å². The summed E-state index contributed by atoms with van der Waals surface area (Å²) in [6.45, 7) is 2.01. The molecule has 24 heavy (non-hydrogen) atoms. The van der Waals surface area contributed by atoms with Crippen LogP contribution in [-0.2, 0) is 14.4 Å². The Morgan fingerprint density at radius 2 is 1.67 bits per heavy atom. The molecular weight excluding hydrogens is 330 g/mol. The number of rotatable bonds is 5. The Morgan fingerprint density at radius 1 is 1.04 bits per heavy atom. The number of hydrogen-bond acceptors (Lipinski definition) is 6. The van der Waals surface area contributed by atoms with Crippen LogP contribution < -0.4 is 5.32 Å². The van der Waals surface area contributed by atoms with Crippen LogP contribution in [0.25, 0.3) is 0 Å². The number of carbonyl (C=O) groups is 4. The largest absolute Gasteiger partial charge is 0.365 e. The quantitative estimate of drug-likeness (QED) is 0.814. The zero-order valence-corrected chi connectivity index (χ0v) is 14.0. The number of nitrogens with zero attached hydrogens (tertiary/aromatic N) is 2. The lowest BCUT2D eigenvalue weighted by molar-refractivity contribution is -0.139. The minimum absolute atomic E-state index is 0.0358. The van der Waals surface area contributed by atoms with E-state index in [1.54, 1.807) is 0 Å². The van der Waals surface area contributed by atoms with E-state index < -0.39 is 5.37 Å². The van der Waals surface area contributed by atoms with Gasteiger partial charge in [-0.25, -0.2) is 0 Å². The van der Waals surface area contributed by atoms with Gasteiger partial charge in [0.05, 0.1) is 0 Å². The van der Waals surface area contributed by atoms with E-state index in [1.165, 1.54) is 0 Å². The minimum Gasteiger partial charge on any atom is -0.365 e. The first-order valence-corrected chi connectivity index (χ1v) is 8.52. The summed E-state index contributed by atoms with van der Waals surface area (Å²) in [5.74, 6) is -0.852. The van der Waals surface area contributed by atoms with Crippen LogP contribution in [0.5, 0.6) is 0 Å². The lowest BCUT2D eigenvalue weighted by Gasteiger charge is -2.19. The second-order valence-electron chi connectivity index (χ2n) is 5.65. The summed E-state index contributed by atoms with van der Waals surface area (Å²) >= 11 is 0.907. The molecule has 0 aromatic heterocycles. The number of carbonyl (C=O) groups excluding carboxylic acids is 4. The molecule has 0 aliphatic carbocycles. The van der Waals surface area contributed by atoms with Gasteiger partial charge in [-0.15, -0.1) is 0 Å². The summed E-state index contributed by atoms with van der Waals surface area (Å²) in [5.41, 5.74) is 1.77. The Kier molecular flexibility index (Phi) is 4.57. The molecule has 2 aliphatic rings. The molecule has 4 amide bonds. The van der Waals surface area contributed by atoms with Crippen molar-refractivity contribution in [3.63, 3.8) is 0 Å². The summed E-state index contributed by atoms with van der Waals surface area (Å²) in [6.07, 6.45) is 0.403. The van der Waals surface area contributed by atoms with Crippen molar-refractivity contribution in [1.29, 1.82) is 0 Å². The van der Waals surface area contributed by atoms with Gasteiger partial charge in [0.1, 0.15) is 0 Å². The van der Waals surface area contributed by atoms with Crippen molar-refractivity contribution in [2.45, 2.75) is 25.1 Å². The highest BCUT2D eigenvalue weighted by Gasteiger charge is 2.40. The van der Waals surface area contributed by atoms with Gasteiger partial charge in [0.25, 0.3) is 11.1 Å². The normalized spacial score (nSPS) is 21.1. The summed E-state index contributed by atoms with van der Waals surface area (Å²) < 4.78 is 0. The van der Waals surface area contributed by atoms with Gasteiger partial charge in [0.15, 0.2) is 5.37 Å². The lowest BCUT2D eigenvalue weighted by Crippen LogP contribution is -2.41. The number of benzene rings is 1. The van der Waals surface area contributed by atoms with Crippen LogP contribution in [0.15, 0.2) is 24.3 Å². The van der Waals surface area contributed by atoms with Crippen LogP contribution in [-0.4, -0.2) is 51.2 Å². The fourth-order valence-corrected chi connectivity index (χ4v) is 3.61. The molecule has 2 fully saturated rings. The minimum atomic E-state index is -0.691. The number of likely N-dealkylation sites (tertiary alicyclic amines) is 1. The predicted octanol–water partition coefficient (Wildman–Crippen LogP) is 1.58. The van der Waals surface area contributed by atoms with E-state index in [1.807, 2.05) is 31.2 Å². The van der Waals surface area contributed by atoms with Crippen molar-refractivity contribution in [3.05, 3.63) is 29.8 Å². The molecule has 3 rings (SSSR count). The van der Waals surface area contributed by atoms with Crippen LogP contribution in [0.2, 0.25) is 0 Å². The molecule has 0 bridgehead atoms. The van der Waals surface area contributed by atoms with Gasteiger partial charge in [-0.3, -0.25) is 29.0 Å². The van der Waals surface area contributed by atoms with E-state index in [2.05, 4.69) is 5.32 Å². The fourth-order valence-electron chi connectivity index (χ4n) is 2.69. The molecule has 0 spiro atoms. The molecule has 2 saturated heterocycles. The van der Waals surface area contributed by atoms with Gasteiger partial charge in [0.2, 0.25) is 11.8 Å². The number of aryl methyl sites for hydroxylation is 1. The third kappa shape index (κ3) is 3.14. The number of anilines is 1. The van der Waals surface area contributed by atoms with E-state index in [-0.39, 0.29) is 48.9 Å². The van der Waals surface area contributed by atoms with Gasteiger partial charge < -0.3 is 5.32 Å². The highest BCUT2D eigenvalue weighted by molar-refractivity contribution is 8.15. The highest BCUT2D eigenvalue weighted by Crippen LogP contribution is 2.29. The highest BCUT2D eigenvalue weighted by atomic mass is 32.2. The van der Waals surface area contributed by atoms with Gasteiger partial charge in [-0.2, -0.15) is 0 Å². The Morgan fingerprint density at radius 3 is 2.33 bits per heavy atom. The number of nitrogens with one attached hydrogen (secondary N) is 1. The van der Waals surface area contributed by atoms with Crippen molar-refractivity contribution in [2.24, 2.45) is 0 Å². The monoisotopic (exact) mass is 347 g/mol. The van der Waals surface area contributed by atoms with Crippen LogP contribution in [0.3, 0.4) is 0 Å². The molecule has 1 aromatic rings. The molecule has 0 radical (unpaired) electrons. The molecule has 7 nitrogen and oxygen atoms in total. The fraction of sp³-hybridized carbons (Fsp3) is 0.375. The third-order valence-corrected chi connectivity index (χ3v) is 5.04. The maximum Gasteiger partial charge on any atom is 0.290 e. The molecular formula is C16H17N3O4S. The van der Waals surface area contributed by atoms with Crippen LogP contribution in [0.1, 0.15) is 18.4 Å². The van der Waals surface area contributed by atoms with Crippen molar-refractivity contribution in [3.8, 4) is 0 Å². The molecule has 126 valence electrons. The number of imide groups is 2. The average molecular weight is 347 g/mol. The summed E-state index contributed by atoms with van der Waals surface area (Å²) in [7, 11) is 0. The second-order valence-corrected chi connectivity index (χ2v) is 6.71. The first-order valence-electron chi connectivity index (χ1n) is 7.65. The van der Waals surface area contributed by atoms with Crippen molar-refractivity contribution in [1.82, 2.24) is 9.80 Å². The summed E-state index contributed by atoms with van der Waals surface area (Å²) in [6, 6.07) is 7.50. The van der Waals surface area contributed by atoms with Crippen molar-refractivity contribution in [2.75, 3.05) is 18.4 Å². The molecule has 2 heterocycles. The Balaban J connectivity index is 1.63. The molecule has 8 heteroatoms. The Hall–Kier alpha value is -2.35. The summed E-state index contributed by atoms with van der Waals surface area (Å²) in [5, 5.41) is 2.01. The van der Waals surface area contributed by atoms with Gasteiger partial charge in [0, 0.05) is 31.6 Å². The van der Waals surface area contributed by atoms with Crippen LogP contribution >= 0.6 is 11.8 Å². The van der Waals surface area contributed by atoms with E-state index in [4.69, 9.17) is 0 Å². The van der Waals surface area contributed by atoms with Gasteiger partial charge in [-0.05, 0) is 30.3 Å². The molecule has 2 aliphatic heterocycles. The SMILES string of the molecule is Cc1ccccc1N[C@H]1SC(=O)N(CCN2C(=O)CCC2=O)C1=O. The smallest absolute Gasteiger partial charge is 0.290 e. The van der Waals surface area contributed by atoms with Gasteiger partial charge >= 0.3 is 0 Å². The average Bonchev–Trinajstić information content (AvgIpc) is 3.00. The van der Waals surface area contributed by atoms with E-state index in [9.17, 15) is 19.2 Å². The first-order chi connectivity index (χ1) is 11.5. The maximum atomic E-state index is 12.4. The topological polar surface area (TPSA) is 86.8 Å². The summed E-state index contributed by atoms with van der Waals surface area (Å²) in [4.78, 5) is 49.9. The Bertz CT molecular complexity index is 705. The number of hydrogen-bond donors (Lipinski definition) is 1. The molecule has 1 aromatic carbocycles. The zero-order valence-electron chi connectivity index (χ0n) is 13.2. The van der Waals surface area contributed by atoms with E-state index >= 15 is 0 Å². The number of thioether (sulfide) groups is 1.